The van der Waals surface area contributed by atoms with Crippen LogP contribution in [0.2, 0.25) is 10.0 Å². The molecule has 0 atom stereocenters. The van der Waals surface area contributed by atoms with E-state index in [1.807, 2.05) is 18.2 Å². The van der Waals surface area contributed by atoms with Gasteiger partial charge in [-0.3, -0.25) is 10.2 Å². The molecule has 7 heteroatoms. The first-order chi connectivity index (χ1) is 12.0. The summed E-state index contributed by atoms with van der Waals surface area (Å²) in [5.74, 6) is -0.438. The van der Waals surface area contributed by atoms with E-state index < -0.39 is 5.91 Å². The van der Waals surface area contributed by atoms with Crippen LogP contribution < -0.4 is 5.43 Å². The van der Waals surface area contributed by atoms with E-state index in [1.165, 1.54) is 4.68 Å². The van der Waals surface area contributed by atoms with Gasteiger partial charge in [-0.1, -0.05) is 54.8 Å². The third-order valence-electron chi connectivity index (χ3n) is 3.76. The summed E-state index contributed by atoms with van der Waals surface area (Å²) in [6, 6.07) is 10.7. The van der Waals surface area contributed by atoms with Crippen LogP contribution in [0.5, 0.6) is 0 Å². The molecule has 0 saturated heterocycles. The van der Waals surface area contributed by atoms with E-state index in [4.69, 9.17) is 35.4 Å². The predicted molar refractivity (Wildman–Crippen MR) is 105 cm³/mol. The molecule has 0 aliphatic rings. The minimum atomic E-state index is -0.438. The van der Waals surface area contributed by atoms with Crippen LogP contribution in [0.4, 0.5) is 0 Å². The van der Waals surface area contributed by atoms with Crippen LogP contribution in [0.3, 0.4) is 0 Å². The van der Waals surface area contributed by atoms with Crippen molar-refractivity contribution in [2.45, 2.75) is 19.8 Å². The molecule has 1 aromatic carbocycles. The quantitative estimate of drug-likeness (QED) is 0.604. The molecule has 0 saturated carbocycles. The number of carbonyl (C=O) groups excluding carboxylic acids is 1. The van der Waals surface area contributed by atoms with Gasteiger partial charge in [-0.25, -0.2) is 9.66 Å². The molecular weight excluding hydrogens is 377 g/mol. The number of nitrogens with one attached hydrogen (secondary N) is 1. The zero-order valence-corrected chi connectivity index (χ0v) is 15.8. The molecule has 4 nitrogen and oxygen atoms in total. The van der Waals surface area contributed by atoms with E-state index in [0.717, 1.165) is 23.8 Å². The smallest absolute Gasteiger partial charge is 0.267 e. The van der Waals surface area contributed by atoms with E-state index >= 15 is 0 Å². The summed E-state index contributed by atoms with van der Waals surface area (Å²) >= 11 is 17.8. The number of halogens is 2. The topological polar surface area (TPSA) is 46.9 Å². The molecule has 0 aliphatic carbocycles. The van der Waals surface area contributed by atoms with Crippen molar-refractivity contribution < 1.29 is 4.79 Å². The van der Waals surface area contributed by atoms with Gasteiger partial charge in [0.05, 0.1) is 15.6 Å². The van der Waals surface area contributed by atoms with Gasteiger partial charge in [0, 0.05) is 11.6 Å². The number of nitrogens with zero attached hydrogens (tertiary/aromatic N) is 2. The number of carbonyl (C=O) groups is 1. The fraction of sp³-hybridized carbons (Fsp3) is 0.167. The van der Waals surface area contributed by atoms with Crippen LogP contribution in [0.1, 0.15) is 29.3 Å². The number of pyridine rings is 2. The number of fused-ring (bicyclic) bond motifs is 1. The van der Waals surface area contributed by atoms with Gasteiger partial charge in [-0.05, 0) is 42.3 Å². The molecule has 0 fully saturated rings. The highest BCUT2D eigenvalue weighted by molar-refractivity contribution is 7.71. The molecule has 0 bridgehead atoms. The van der Waals surface area contributed by atoms with Gasteiger partial charge in [0.2, 0.25) is 0 Å². The maximum Gasteiger partial charge on any atom is 0.273 e. The minimum absolute atomic E-state index is 0.206. The largest absolute Gasteiger partial charge is 0.273 e. The van der Waals surface area contributed by atoms with Gasteiger partial charge in [-0.15, -0.1) is 0 Å². The predicted octanol–water partition coefficient (Wildman–Crippen LogP) is 5.41. The van der Waals surface area contributed by atoms with Crippen molar-refractivity contribution in [1.82, 2.24) is 9.66 Å². The van der Waals surface area contributed by atoms with Crippen molar-refractivity contribution in [3.63, 3.8) is 0 Å². The van der Waals surface area contributed by atoms with Gasteiger partial charge < -0.3 is 0 Å². The summed E-state index contributed by atoms with van der Waals surface area (Å²) in [5, 5.41) is 1.45. The fourth-order valence-corrected chi connectivity index (χ4v) is 3.48. The number of hydrogen-bond acceptors (Lipinski definition) is 3. The number of benzene rings is 1. The summed E-state index contributed by atoms with van der Waals surface area (Å²) in [6.45, 7) is 2.08. The van der Waals surface area contributed by atoms with Crippen molar-refractivity contribution in [3.05, 3.63) is 68.4 Å². The Balaban J connectivity index is 2.13. The van der Waals surface area contributed by atoms with E-state index in [0.29, 0.717) is 10.3 Å². The van der Waals surface area contributed by atoms with Crippen molar-refractivity contribution in [1.29, 1.82) is 0 Å². The SMILES string of the molecule is CCCc1cc2cccnc2n(NC(=O)c2c(Cl)cccc2Cl)c1=S. The van der Waals surface area contributed by atoms with E-state index in [-0.39, 0.29) is 15.6 Å². The maximum absolute atomic E-state index is 12.7. The zero-order chi connectivity index (χ0) is 18.0. The van der Waals surface area contributed by atoms with E-state index in [9.17, 15) is 4.79 Å². The average Bonchev–Trinajstić information content (AvgIpc) is 2.58. The molecule has 0 aliphatic heterocycles. The van der Waals surface area contributed by atoms with Crippen molar-refractivity contribution in [2.75, 3.05) is 5.43 Å². The second-order valence-corrected chi connectivity index (χ2v) is 6.72. The van der Waals surface area contributed by atoms with Gasteiger partial charge >= 0.3 is 0 Å². The number of aromatic nitrogens is 2. The fourth-order valence-electron chi connectivity index (χ4n) is 2.62. The van der Waals surface area contributed by atoms with Crippen LogP contribution in [-0.2, 0) is 6.42 Å². The molecule has 3 aromatic rings. The lowest BCUT2D eigenvalue weighted by atomic mass is 10.1. The van der Waals surface area contributed by atoms with E-state index in [1.54, 1.807) is 24.4 Å². The Bertz CT molecular complexity index is 997. The van der Waals surface area contributed by atoms with Gasteiger partial charge in [0.25, 0.3) is 5.91 Å². The number of aryl methyl sites for hydroxylation is 1. The summed E-state index contributed by atoms with van der Waals surface area (Å²) in [4.78, 5) is 17.1. The normalized spacial score (nSPS) is 10.8. The second kappa shape index (κ2) is 7.52. The average molecular weight is 392 g/mol. The van der Waals surface area contributed by atoms with E-state index in [2.05, 4.69) is 17.3 Å². The Hall–Kier alpha value is -1.95. The third kappa shape index (κ3) is 3.54. The standard InChI is InChI=1S/C18H15Cl2N3OS/c1-2-5-12-10-11-6-4-9-21-16(11)23(18(12)25)22-17(24)15-13(19)7-3-8-14(15)20/h3-4,6-10H,2,5H2,1H3,(H,22,24). The lowest BCUT2D eigenvalue weighted by Crippen LogP contribution is -2.26. The second-order valence-electron chi connectivity index (χ2n) is 5.51. The van der Waals surface area contributed by atoms with Crippen LogP contribution in [0.15, 0.2) is 42.6 Å². The van der Waals surface area contributed by atoms with Crippen LogP contribution >= 0.6 is 35.4 Å². The van der Waals surface area contributed by atoms with Gasteiger partial charge in [-0.2, -0.15) is 0 Å². The molecule has 0 unspecified atom stereocenters. The van der Waals surface area contributed by atoms with Crippen molar-refractivity contribution >= 4 is 52.4 Å². The highest BCUT2D eigenvalue weighted by Crippen LogP contribution is 2.25. The summed E-state index contributed by atoms with van der Waals surface area (Å²) in [5.41, 5.74) is 4.55. The monoisotopic (exact) mass is 391 g/mol. The minimum Gasteiger partial charge on any atom is -0.267 e. The molecule has 25 heavy (non-hydrogen) atoms. The molecule has 2 heterocycles. The lowest BCUT2D eigenvalue weighted by molar-refractivity contribution is 0.101. The maximum atomic E-state index is 12.7. The summed E-state index contributed by atoms with van der Waals surface area (Å²) in [7, 11) is 0. The molecule has 0 radical (unpaired) electrons. The lowest BCUT2D eigenvalue weighted by Gasteiger charge is -2.15. The molecule has 2 aromatic heterocycles. The van der Waals surface area contributed by atoms with Crippen molar-refractivity contribution in [2.24, 2.45) is 0 Å². The highest BCUT2D eigenvalue weighted by Gasteiger charge is 2.17. The zero-order valence-electron chi connectivity index (χ0n) is 13.4. The Morgan fingerprint density at radius 1 is 1.24 bits per heavy atom. The van der Waals surface area contributed by atoms with Gasteiger partial charge in [0.1, 0.15) is 4.64 Å². The molecule has 0 spiro atoms. The summed E-state index contributed by atoms with van der Waals surface area (Å²) in [6.07, 6.45) is 3.41. The van der Waals surface area contributed by atoms with Crippen LogP contribution in [0.25, 0.3) is 11.0 Å². The first-order valence-corrected chi connectivity index (χ1v) is 8.94. The van der Waals surface area contributed by atoms with Crippen molar-refractivity contribution in [3.8, 4) is 0 Å². The first kappa shape index (κ1) is 17.9. The molecule has 1 amide bonds. The third-order valence-corrected chi connectivity index (χ3v) is 4.83. The number of hydrogen-bond donors (Lipinski definition) is 1. The molecular formula is C18H15Cl2N3OS. The Morgan fingerprint density at radius 2 is 1.96 bits per heavy atom. The van der Waals surface area contributed by atoms with Crippen LogP contribution in [0, 0.1) is 4.64 Å². The first-order valence-electron chi connectivity index (χ1n) is 7.78. The number of rotatable bonds is 4. The molecule has 128 valence electrons. The number of amides is 1. The molecule has 1 N–H and O–H groups in total. The molecule has 3 rings (SSSR count). The Labute approximate surface area is 160 Å². The van der Waals surface area contributed by atoms with Crippen LogP contribution in [-0.4, -0.2) is 15.6 Å². The summed E-state index contributed by atoms with van der Waals surface area (Å²) < 4.78 is 2.04. The van der Waals surface area contributed by atoms with Gasteiger partial charge in [0.15, 0.2) is 5.65 Å². The Kier molecular flexibility index (Phi) is 5.37. The highest BCUT2D eigenvalue weighted by atomic mass is 35.5. The Morgan fingerprint density at radius 3 is 2.64 bits per heavy atom.